The monoisotopic (exact) mass is 300 g/mol. The number of likely N-dealkylation sites (tertiary alicyclic amines) is 1. The average molecular weight is 300 g/mol. The van der Waals surface area contributed by atoms with Crippen LogP contribution in [-0.2, 0) is 19.9 Å². The van der Waals surface area contributed by atoms with Crippen LogP contribution in [-0.4, -0.2) is 42.8 Å². The van der Waals surface area contributed by atoms with Crippen LogP contribution < -0.4 is 10.2 Å². The first-order chi connectivity index (χ1) is 10.4. The van der Waals surface area contributed by atoms with E-state index in [0.29, 0.717) is 0 Å². The first-order valence-electron chi connectivity index (χ1n) is 7.46. The molecule has 6 heteroatoms. The van der Waals surface area contributed by atoms with E-state index in [1.807, 2.05) is 36.5 Å². The largest absolute Gasteiger partial charge is 0.326 e. The molecule has 1 spiro atoms. The van der Waals surface area contributed by atoms with E-state index in [1.54, 1.807) is 11.9 Å². The van der Waals surface area contributed by atoms with Gasteiger partial charge in [-0.1, -0.05) is 18.2 Å². The van der Waals surface area contributed by atoms with Crippen molar-refractivity contribution in [2.45, 2.75) is 18.5 Å². The van der Waals surface area contributed by atoms with E-state index in [9.17, 15) is 14.4 Å². The van der Waals surface area contributed by atoms with Crippen LogP contribution in [0.5, 0.6) is 0 Å². The Kier molecular flexibility index (Phi) is 2.42. The number of quaternary nitrogens is 1. The number of fused-ring (bicyclic) bond motifs is 4. The van der Waals surface area contributed by atoms with E-state index in [2.05, 4.69) is 0 Å². The Morgan fingerprint density at radius 3 is 2.45 bits per heavy atom. The van der Waals surface area contributed by atoms with Crippen LogP contribution >= 0.6 is 0 Å². The van der Waals surface area contributed by atoms with Gasteiger partial charge in [0.05, 0.1) is 11.7 Å². The van der Waals surface area contributed by atoms with Crippen molar-refractivity contribution in [1.82, 2.24) is 4.90 Å². The van der Waals surface area contributed by atoms with Gasteiger partial charge in [0.1, 0.15) is 11.8 Å². The van der Waals surface area contributed by atoms with Gasteiger partial charge in [-0.25, -0.2) is 0 Å². The predicted octanol–water partition coefficient (Wildman–Crippen LogP) is -0.945. The third kappa shape index (κ3) is 1.23. The van der Waals surface area contributed by atoms with E-state index in [0.717, 1.165) is 11.3 Å². The molecule has 0 unspecified atom stereocenters. The normalized spacial score (nSPS) is 36.5. The number of carbonyl (C=O) groups is 3. The standard InChI is InChI=1S/C16H17N3O3/c1-8-11-12(14(21)19(3)13(11)20)16(17-8)9-6-4-5-7-10(9)18(2)15(16)22/h4-8,11-12,17H,1-3H3/p+1/t8-,11-,12+,16+/m1/s1. The van der Waals surface area contributed by atoms with Crippen molar-refractivity contribution in [3.8, 4) is 0 Å². The lowest BCUT2D eigenvalue weighted by molar-refractivity contribution is -0.730. The summed E-state index contributed by atoms with van der Waals surface area (Å²) in [5.41, 5.74) is 0.678. The summed E-state index contributed by atoms with van der Waals surface area (Å²) in [6.07, 6.45) is 0. The third-order valence-corrected chi connectivity index (χ3v) is 5.52. The summed E-state index contributed by atoms with van der Waals surface area (Å²) in [4.78, 5) is 40.9. The van der Waals surface area contributed by atoms with Gasteiger partial charge >= 0.3 is 0 Å². The number of amides is 3. The van der Waals surface area contributed by atoms with Crippen molar-refractivity contribution in [1.29, 1.82) is 0 Å². The lowest BCUT2D eigenvalue weighted by atomic mass is 9.76. The molecule has 1 aromatic carbocycles. The van der Waals surface area contributed by atoms with Gasteiger partial charge < -0.3 is 10.2 Å². The molecular weight excluding hydrogens is 282 g/mol. The minimum absolute atomic E-state index is 0.102. The second-order valence-electron chi connectivity index (χ2n) is 6.52. The molecule has 4 atom stereocenters. The topological polar surface area (TPSA) is 74.3 Å². The predicted molar refractivity (Wildman–Crippen MR) is 77.7 cm³/mol. The van der Waals surface area contributed by atoms with Crippen molar-refractivity contribution in [2.24, 2.45) is 11.8 Å². The first-order valence-corrected chi connectivity index (χ1v) is 7.46. The number of anilines is 1. The Morgan fingerprint density at radius 1 is 1.05 bits per heavy atom. The van der Waals surface area contributed by atoms with Gasteiger partial charge in [0.15, 0.2) is 0 Å². The summed E-state index contributed by atoms with van der Waals surface area (Å²) in [5, 5.41) is 1.93. The molecule has 4 rings (SSSR count). The number of likely N-dealkylation sites (N-methyl/N-ethyl adjacent to an activating group) is 1. The van der Waals surface area contributed by atoms with Crippen molar-refractivity contribution in [2.75, 3.05) is 19.0 Å². The Morgan fingerprint density at radius 2 is 1.73 bits per heavy atom. The second-order valence-corrected chi connectivity index (χ2v) is 6.52. The minimum atomic E-state index is -0.993. The Hall–Kier alpha value is -2.21. The van der Waals surface area contributed by atoms with E-state index in [1.165, 1.54) is 11.9 Å². The molecule has 114 valence electrons. The fourth-order valence-corrected chi connectivity index (χ4v) is 4.55. The number of para-hydroxylation sites is 1. The highest BCUT2D eigenvalue weighted by Gasteiger charge is 2.73. The number of hydrogen-bond donors (Lipinski definition) is 1. The Bertz CT molecular complexity index is 731. The zero-order chi connectivity index (χ0) is 15.8. The van der Waals surface area contributed by atoms with Crippen LogP contribution in [0.15, 0.2) is 24.3 Å². The molecule has 3 amide bonds. The van der Waals surface area contributed by atoms with Gasteiger partial charge in [0, 0.05) is 19.7 Å². The molecule has 0 bridgehead atoms. The van der Waals surface area contributed by atoms with E-state index in [4.69, 9.17) is 0 Å². The van der Waals surface area contributed by atoms with Gasteiger partial charge in [-0.3, -0.25) is 19.3 Å². The van der Waals surface area contributed by atoms with Crippen LogP contribution in [0.3, 0.4) is 0 Å². The maximum Gasteiger partial charge on any atom is 0.293 e. The number of imide groups is 1. The van der Waals surface area contributed by atoms with Crippen molar-refractivity contribution in [3.63, 3.8) is 0 Å². The lowest BCUT2D eigenvalue weighted by Gasteiger charge is -2.25. The summed E-state index contributed by atoms with van der Waals surface area (Å²) in [7, 11) is 3.24. The van der Waals surface area contributed by atoms with Crippen molar-refractivity contribution >= 4 is 23.4 Å². The molecular formula is C16H18N3O3+. The highest BCUT2D eigenvalue weighted by atomic mass is 16.2. The van der Waals surface area contributed by atoms with Crippen LogP contribution in [0.25, 0.3) is 0 Å². The van der Waals surface area contributed by atoms with Gasteiger partial charge in [-0.15, -0.1) is 0 Å². The average Bonchev–Trinajstić information content (AvgIpc) is 3.03. The fraction of sp³-hybridized carbons (Fsp3) is 0.438. The number of rotatable bonds is 0. The molecule has 3 heterocycles. The number of carbonyl (C=O) groups excluding carboxylic acids is 3. The molecule has 0 aliphatic carbocycles. The summed E-state index contributed by atoms with van der Waals surface area (Å²) < 4.78 is 0. The van der Waals surface area contributed by atoms with Gasteiger partial charge in [0.25, 0.3) is 5.91 Å². The third-order valence-electron chi connectivity index (χ3n) is 5.52. The minimum Gasteiger partial charge on any atom is -0.326 e. The van der Waals surface area contributed by atoms with Crippen LogP contribution in [0.1, 0.15) is 12.5 Å². The zero-order valence-electron chi connectivity index (χ0n) is 12.7. The highest BCUT2D eigenvalue weighted by Crippen LogP contribution is 2.49. The molecule has 1 aromatic rings. The lowest BCUT2D eigenvalue weighted by Crippen LogP contribution is -2.98. The maximum atomic E-state index is 13.0. The Balaban J connectivity index is 1.98. The van der Waals surface area contributed by atoms with E-state index >= 15 is 0 Å². The molecule has 3 aliphatic rings. The molecule has 22 heavy (non-hydrogen) atoms. The molecule has 0 radical (unpaired) electrons. The van der Waals surface area contributed by atoms with Crippen LogP contribution in [0.2, 0.25) is 0 Å². The SMILES string of the molecule is C[C@H]1[NH2+][C@]2(C(=O)N(C)c3ccccc32)[C@@H]2C(=O)N(C)C(=O)[C@@H]21. The zero-order valence-corrected chi connectivity index (χ0v) is 12.7. The summed E-state index contributed by atoms with van der Waals surface area (Å²) in [6.45, 7) is 1.92. The van der Waals surface area contributed by atoms with Crippen LogP contribution in [0, 0.1) is 11.8 Å². The summed E-state index contributed by atoms with van der Waals surface area (Å²) >= 11 is 0. The highest BCUT2D eigenvalue weighted by molar-refractivity contribution is 6.14. The first kappa shape index (κ1) is 13.5. The second kappa shape index (κ2) is 3.95. The smallest absolute Gasteiger partial charge is 0.293 e. The number of hydrogen-bond acceptors (Lipinski definition) is 3. The van der Waals surface area contributed by atoms with E-state index in [-0.39, 0.29) is 23.8 Å². The molecule has 2 fully saturated rings. The number of benzene rings is 1. The number of nitrogens with zero attached hydrogens (tertiary/aromatic N) is 2. The molecule has 3 aliphatic heterocycles. The quantitative estimate of drug-likeness (QED) is 0.628. The van der Waals surface area contributed by atoms with Crippen molar-refractivity contribution < 1.29 is 19.7 Å². The van der Waals surface area contributed by atoms with Gasteiger partial charge in [-0.2, -0.15) is 0 Å². The summed E-state index contributed by atoms with van der Waals surface area (Å²) in [6, 6.07) is 7.45. The molecule has 2 N–H and O–H groups in total. The molecule has 0 saturated carbocycles. The molecule has 0 aromatic heterocycles. The van der Waals surface area contributed by atoms with Crippen LogP contribution in [0.4, 0.5) is 5.69 Å². The van der Waals surface area contributed by atoms with Crippen molar-refractivity contribution in [3.05, 3.63) is 29.8 Å². The number of nitrogens with two attached hydrogens (primary N) is 1. The summed E-state index contributed by atoms with van der Waals surface area (Å²) in [5.74, 6) is -1.56. The Labute approximate surface area is 128 Å². The maximum absolute atomic E-state index is 13.0. The molecule has 6 nitrogen and oxygen atoms in total. The van der Waals surface area contributed by atoms with Gasteiger partial charge in [-0.05, 0) is 13.0 Å². The van der Waals surface area contributed by atoms with Gasteiger partial charge in [0.2, 0.25) is 17.4 Å². The van der Waals surface area contributed by atoms with E-state index < -0.39 is 17.4 Å². The fourth-order valence-electron chi connectivity index (χ4n) is 4.55. The molecule has 2 saturated heterocycles.